The Morgan fingerprint density at radius 3 is 2.63 bits per heavy atom. The van der Waals surface area contributed by atoms with Gasteiger partial charge in [0.2, 0.25) is 0 Å². The van der Waals surface area contributed by atoms with Crippen molar-refractivity contribution < 1.29 is 9.13 Å². The van der Waals surface area contributed by atoms with E-state index >= 15 is 0 Å². The fourth-order valence-electron chi connectivity index (χ4n) is 2.91. The molecule has 0 spiro atoms. The molecule has 1 saturated carbocycles. The van der Waals surface area contributed by atoms with Crippen LogP contribution in [0.3, 0.4) is 0 Å². The highest BCUT2D eigenvalue weighted by atomic mass is 19.1. The Hall–Kier alpha value is -0.930. The normalized spacial score (nSPS) is 24.6. The third-order valence-corrected chi connectivity index (χ3v) is 4.26. The predicted octanol–water partition coefficient (Wildman–Crippen LogP) is 3.29. The first kappa shape index (κ1) is 13.1. The van der Waals surface area contributed by atoms with Crippen LogP contribution in [0.5, 0.6) is 0 Å². The van der Waals surface area contributed by atoms with E-state index < -0.39 is 0 Å². The maximum atomic E-state index is 13.0. The summed E-state index contributed by atoms with van der Waals surface area (Å²) in [6.45, 7) is 2.88. The van der Waals surface area contributed by atoms with Crippen LogP contribution in [0, 0.1) is 17.7 Å². The molecule has 1 heterocycles. The minimum absolute atomic E-state index is 0.151. The van der Waals surface area contributed by atoms with Crippen LogP contribution < -0.4 is 5.32 Å². The molecule has 104 valence electrons. The molecule has 2 aliphatic rings. The average Bonchev–Trinajstić information content (AvgIpc) is 3.13. The molecule has 1 aliphatic carbocycles. The van der Waals surface area contributed by atoms with Crippen LogP contribution in [0.15, 0.2) is 24.3 Å². The molecular weight excluding hydrogens is 241 g/mol. The van der Waals surface area contributed by atoms with Gasteiger partial charge in [0.25, 0.3) is 0 Å². The number of ether oxygens (including phenoxy) is 1. The molecule has 2 unspecified atom stereocenters. The van der Waals surface area contributed by atoms with E-state index in [2.05, 4.69) is 5.32 Å². The maximum absolute atomic E-state index is 13.0. The van der Waals surface area contributed by atoms with Gasteiger partial charge in [0, 0.05) is 19.3 Å². The van der Waals surface area contributed by atoms with Crippen LogP contribution in [0.1, 0.15) is 37.3 Å². The Kier molecular flexibility index (Phi) is 4.14. The minimum Gasteiger partial charge on any atom is -0.381 e. The lowest BCUT2D eigenvalue weighted by Crippen LogP contribution is -2.25. The molecule has 0 amide bonds. The van der Waals surface area contributed by atoms with Gasteiger partial charge < -0.3 is 10.1 Å². The summed E-state index contributed by atoms with van der Waals surface area (Å²) in [4.78, 5) is 0. The molecule has 3 heteroatoms. The summed E-state index contributed by atoms with van der Waals surface area (Å²) in [5.41, 5.74) is 1.23. The zero-order valence-electron chi connectivity index (χ0n) is 11.3. The van der Waals surface area contributed by atoms with Gasteiger partial charge in [0.15, 0.2) is 0 Å². The summed E-state index contributed by atoms with van der Waals surface area (Å²) in [6.07, 6.45) is 4.97. The van der Waals surface area contributed by atoms with Crippen LogP contribution in [0.4, 0.5) is 4.39 Å². The zero-order valence-corrected chi connectivity index (χ0v) is 11.3. The van der Waals surface area contributed by atoms with Crippen molar-refractivity contribution in [2.45, 2.75) is 31.7 Å². The molecule has 2 fully saturated rings. The summed E-state index contributed by atoms with van der Waals surface area (Å²) < 4.78 is 18.4. The second-order valence-electron chi connectivity index (χ2n) is 5.84. The van der Waals surface area contributed by atoms with Gasteiger partial charge in [-0.2, -0.15) is 0 Å². The summed E-state index contributed by atoms with van der Waals surface area (Å²) in [5, 5.41) is 3.67. The third kappa shape index (κ3) is 3.54. The first-order chi connectivity index (χ1) is 9.33. The van der Waals surface area contributed by atoms with Crippen LogP contribution in [-0.2, 0) is 4.74 Å². The van der Waals surface area contributed by atoms with E-state index in [1.54, 1.807) is 12.1 Å². The molecule has 2 atom stereocenters. The topological polar surface area (TPSA) is 21.3 Å². The summed E-state index contributed by atoms with van der Waals surface area (Å²) >= 11 is 0. The van der Waals surface area contributed by atoms with Crippen molar-refractivity contribution in [3.63, 3.8) is 0 Å². The van der Waals surface area contributed by atoms with E-state index in [-0.39, 0.29) is 5.82 Å². The summed E-state index contributed by atoms with van der Waals surface area (Å²) in [5.74, 6) is 1.31. The van der Waals surface area contributed by atoms with Gasteiger partial charge in [-0.15, -0.1) is 0 Å². The summed E-state index contributed by atoms with van der Waals surface area (Å²) in [6, 6.07) is 7.38. The predicted molar refractivity (Wildman–Crippen MR) is 73.4 cm³/mol. The maximum Gasteiger partial charge on any atom is 0.123 e. The fraction of sp³-hybridized carbons (Fsp3) is 0.625. The van der Waals surface area contributed by atoms with Crippen LogP contribution in [0.25, 0.3) is 0 Å². The Morgan fingerprint density at radius 1 is 1.21 bits per heavy atom. The molecule has 2 nitrogen and oxygen atoms in total. The van der Waals surface area contributed by atoms with E-state index in [4.69, 9.17) is 4.74 Å². The fourth-order valence-corrected chi connectivity index (χ4v) is 2.91. The Bertz CT molecular complexity index is 396. The lowest BCUT2D eigenvalue weighted by Gasteiger charge is -2.20. The van der Waals surface area contributed by atoms with E-state index in [0.29, 0.717) is 6.04 Å². The standard InChI is InChI=1S/C16H22FNO/c17-15-5-3-14(4-6-15)16(13-1-2-13)18-9-7-12-8-10-19-11-12/h3-6,12-13,16,18H,1-2,7-11H2. The van der Waals surface area contributed by atoms with Crippen LogP contribution in [-0.4, -0.2) is 19.8 Å². The minimum atomic E-state index is -0.151. The Balaban J connectivity index is 1.53. The number of rotatable bonds is 6. The second kappa shape index (κ2) is 6.02. The number of benzene rings is 1. The van der Waals surface area contributed by atoms with Gasteiger partial charge >= 0.3 is 0 Å². The number of nitrogens with one attached hydrogen (secondary N) is 1. The first-order valence-electron chi connectivity index (χ1n) is 7.39. The van der Waals surface area contributed by atoms with Gasteiger partial charge in [0.1, 0.15) is 5.82 Å². The van der Waals surface area contributed by atoms with Crippen LogP contribution in [0.2, 0.25) is 0 Å². The molecule has 0 radical (unpaired) electrons. The highest BCUT2D eigenvalue weighted by Gasteiger charge is 2.32. The molecular formula is C16H22FNO. The van der Waals surface area contributed by atoms with Crippen molar-refractivity contribution in [2.75, 3.05) is 19.8 Å². The molecule has 1 saturated heterocycles. The van der Waals surface area contributed by atoms with E-state index in [9.17, 15) is 4.39 Å². The first-order valence-corrected chi connectivity index (χ1v) is 7.39. The largest absolute Gasteiger partial charge is 0.381 e. The van der Waals surface area contributed by atoms with Crippen molar-refractivity contribution in [1.29, 1.82) is 0 Å². The van der Waals surface area contributed by atoms with Gasteiger partial charge in [0.05, 0.1) is 0 Å². The van der Waals surface area contributed by atoms with Crippen LogP contribution >= 0.6 is 0 Å². The van der Waals surface area contributed by atoms with Gasteiger partial charge in [-0.25, -0.2) is 4.39 Å². The molecule has 19 heavy (non-hydrogen) atoms. The Morgan fingerprint density at radius 2 is 2.00 bits per heavy atom. The number of hydrogen-bond acceptors (Lipinski definition) is 2. The SMILES string of the molecule is Fc1ccc(C(NCCC2CCOC2)C2CC2)cc1. The van der Waals surface area contributed by atoms with Gasteiger partial charge in [-0.3, -0.25) is 0 Å². The molecule has 1 N–H and O–H groups in total. The molecule has 3 rings (SSSR count). The molecule has 1 aliphatic heterocycles. The van der Waals surface area contributed by atoms with E-state index in [1.165, 1.54) is 31.2 Å². The van der Waals surface area contributed by atoms with Crippen molar-refractivity contribution >= 4 is 0 Å². The molecule has 0 aromatic heterocycles. The van der Waals surface area contributed by atoms with Crippen molar-refractivity contribution in [1.82, 2.24) is 5.32 Å². The third-order valence-electron chi connectivity index (χ3n) is 4.26. The molecule has 1 aromatic carbocycles. The lowest BCUT2D eigenvalue weighted by atomic mass is 10.0. The van der Waals surface area contributed by atoms with Crippen molar-refractivity contribution in [2.24, 2.45) is 11.8 Å². The van der Waals surface area contributed by atoms with E-state index in [1.807, 2.05) is 12.1 Å². The van der Waals surface area contributed by atoms with E-state index in [0.717, 1.165) is 31.6 Å². The number of halogens is 1. The Labute approximate surface area is 114 Å². The number of hydrogen-bond donors (Lipinski definition) is 1. The lowest BCUT2D eigenvalue weighted by molar-refractivity contribution is 0.184. The molecule has 0 bridgehead atoms. The quantitative estimate of drug-likeness (QED) is 0.850. The highest BCUT2D eigenvalue weighted by molar-refractivity contribution is 5.22. The monoisotopic (exact) mass is 263 g/mol. The average molecular weight is 263 g/mol. The van der Waals surface area contributed by atoms with Gasteiger partial charge in [-0.05, 0) is 61.8 Å². The highest BCUT2D eigenvalue weighted by Crippen LogP contribution is 2.41. The van der Waals surface area contributed by atoms with Crippen molar-refractivity contribution in [3.8, 4) is 0 Å². The van der Waals surface area contributed by atoms with Crippen molar-refractivity contribution in [3.05, 3.63) is 35.6 Å². The smallest absolute Gasteiger partial charge is 0.123 e. The molecule has 1 aromatic rings. The van der Waals surface area contributed by atoms with Gasteiger partial charge in [-0.1, -0.05) is 12.1 Å². The second-order valence-corrected chi connectivity index (χ2v) is 5.84. The zero-order chi connectivity index (χ0) is 13.1. The summed E-state index contributed by atoms with van der Waals surface area (Å²) in [7, 11) is 0.